The average molecular weight is 380 g/mol. The number of nitrogens with one attached hydrogen (secondary N) is 2. The van der Waals surface area contributed by atoms with Crippen LogP contribution in [0, 0.1) is 5.82 Å². The van der Waals surface area contributed by atoms with Gasteiger partial charge in [-0.05, 0) is 36.4 Å². The van der Waals surface area contributed by atoms with Crippen molar-refractivity contribution >= 4 is 11.8 Å². The molecule has 0 atom stereocenters. The van der Waals surface area contributed by atoms with Gasteiger partial charge >= 0.3 is 0 Å². The minimum absolute atomic E-state index is 0.141. The van der Waals surface area contributed by atoms with Crippen molar-refractivity contribution in [2.45, 2.75) is 12.8 Å². The highest BCUT2D eigenvalue weighted by molar-refractivity contribution is 5.94. The Morgan fingerprint density at radius 3 is 2.36 bits per heavy atom. The quantitative estimate of drug-likeness (QED) is 0.587. The summed E-state index contributed by atoms with van der Waals surface area (Å²) in [6, 6.07) is 18.7. The van der Waals surface area contributed by atoms with Gasteiger partial charge in [-0.25, -0.2) is 4.39 Å². The Hall–Kier alpha value is -3.41. The molecule has 0 fully saturated rings. The third-order valence-electron chi connectivity index (χ3n) is 4.17. The third-order valence-corrected chi connectivity index (χ3v) is 4.17. The number of benzene rings is 2. The van der Waals surface area contributed by atoms with Crippen LogP contribution in [0.25, 0.3) is 11.3 Å². The van der Waals surface area contributed by atoms with Gasteiger partial charge in [0.1, 0.15) is 17.3 Å². The molecule has 0 saturated carbocycles. The first-order valence-corrected chi connectivity index (χ1v) is 9.07. The van der Waals surface area contributed by atoms with Gasteiger partial charge in [-0.3, -0.25) is 9.59 Å². The molecule has 5 nitrogen and oxygen atoms in total. The lowest BCUT2D eigenvalue weighted by atomic mass is 10.1. The molecule has 0 unspecified atom stereocenters. The average Bonchev–Trinajstić information content (AvgIpc) is 3.19. The molecule has 0 radical (unpaired) electrons. The second-order valence-electron chi connectivity index (χ2n) is 6.22. The summed E-state index contributed by atoms with van der Waals surface area (Å²) in [5, 5.41) is 5.50. The number of furan rings is 1. The van der Waals surface area contributed by atoms with E-state index >= 15 is 0 Å². The first-order valence-electron chi connectivity index (χ1n) is 9.07. The first kappa shape index (κ1) is 19.4. The highest BCUT2D eigenvalue weighted by Gasteiger charge is 2.10. The fraction of sp³-hybridized carbons (Fsp3) is 0.182. The molecule has 0 aliphatic heterocycles. The van der Waals surface area contributed by atoms with E-state index < -0.39 is 0 Å². The topological polar surface area (TPSA) is 71.3 Å². The predicted molar refractivity (Wildman–Crippen MR) is 104 cm³/mol. The van der Waals surface area contributed by atoms with Crippen LogP contribution in [0.1, 0.15) is 22.5 Å². The van der Waals surface area contributed by atoms with E-state index in [1.807, 2.05) is 6.07 Å². The molecule has 28 heavy (non-hydrogen) atoms. The highest BCUT2D eigenvalue weighted by atomic mass is 19.1. The van der Waals surface area contributed by atoms with Gasteiger partial charge in [-0.1, -0.05) is 30.3 Å². The van der Waals surface area contributed by atoms with Crippen LogP contribution in [0.2, 0.25) is 0 Å². The van der Waals surface area contributed by atoms with Crippen molar-refractivity contribution in [1.82, 2.24) is 10.6 Å². The highest BCUT2D eigenvalue weighted by Crippen LogP contribution is 2.25. The Morgan fingerprint density at radius 2 is 1.57 bits per heavy atom. The third kappa shape index (κ3) is 5.30. The van der Waals surface area contributed by atoms with E-state index in [-0.39, 0.29) is 24.1 Å². The van der Waals surface area contributed by atoms with Gasteiger partial charge in [-0.2, -0.15) is 0 Å². The van der Waals surface area contributed by atoms with E-state index in [9.17, 15) is 14.0 Å². The molecule has 0 aliphatic carbocycles. The van der Waals surface area contributed by atoms with E-state index in [2.05, 4.69) is 10.6 Å². The lowest BCUT2D eigenvalue weighted by molar-refractivity contribution is -0.121. The number of rotatable bonds is 8. The van der Waals surface area contributed by atoms with Crippen LogP contribution >= 0.6 is 0 Å². The number of aryl methyl sites for hydroxylation is 1. The molecule has 0 aliphatic rings. The maximum Gasteiger partial charge on any atom is 0.251 e. The molecule has 3 aromatic rings. The van der Waals surface area contributed by atoms with Crippen molar-refractivity contribution in [2.75, 3.05) is 13.1 Å². The molecule has 3 rings (SSSR count). The molecule has 1 aromatic heterocycles. The summed E-state index contributed by atoms with van der Waals surface area (Å²) < 4.78 is 19.4. The van der Waals surface area contributed by atoms with Gasteiger partial charge < -0.3 is 15.1 Å². The summed E-state index contributed by atoms with van der Waals surface area (Å²) in [6.45, 7) is 0.688. The van der Waals surface area contributed by atoms with Crippen molar-refractivity contribution in [2.24, 2.45) is 0 Å². The summed E-state index contributed by atoms with van der Waals surface area (Å²) in [5.41, 5.74) is 0.977. The van der Waals surface area contributed by atoms with Gasteiger partial charge in [0.05, 0.1) is 5.56 Å². The zero-order chi connectivity index (χ0) is 19.8. The Morgan fingerprint density at radius 1 is 0.857 bits per heavy atom. The first-order chi connectivity index (χ1) is 13.6. The number of carbonyl (C=O) groups is 2. The number of carbonyl (C=O) groups excluding carboxylic acids is 2. The Balaban J connectivity index is 1.38. The van der Waals surface area contributed by atoms with Crippen molar-refractivity contribution in [3.05, 3.63) is 83.9 Å². The number of hydrogen-bond acceptors (Lipinski definition) is 3. The molecular formula is C22H21FN2O3. The second kappa shape index (κ2) is 9.50. The monoisotopic (exact) mass is 380 g/mol. The van der Waals surface area contributed by atoms with Crippen LogP contribution in [0.15, 0.2) is 71.1 Å². The fourth-order valence-electron chi connectivity index (χ4n) is 2.71. The molecule has 6 heteroatoms. The van der Waals surface area contributed by atoms with E-state index in [0.29, 0.717) is 42.2 Å². The van der Waals surface area contributed by atoms with Gasteiger partial charge in [0, 0.05) is 31.5 Å². The Labute approximate surface area is 162 Å². The van der Waals surface area contributed by atoms with Crippen molar-refractivity contribution in [1.29, 1.82) is 0 Å². The summed E-state index contributed by atoms with van der Waals surface area (Å²) >= 11 is 0. The molecule has 1 heterocycles. The van der Waals surface area contributed by atoms with E-state index in [4.69, 9.17) is 4.42 Å². The van der Waals surface area contributed by atoms with Crippen molar-refractivity contribution in [3.63, 3.8) is 0 Å². The second-order valence-corrected chi connectivity index (χ2v) is 6.22. The molecule has 144 valence electrons. The summed E-state index contributed by atoms with van der Waals surface area (Å²) in [5.74, 6) is 0.394. The van der Waals surface area contributed by atoms with Crippen molar-refractivity contribution < 1.29 is 18.4 Å². The number of amides is 2. The van der Waals surface area contributed by atoms with E-state index in [1.165, 1.54) is 6.07 Å². The fourth-order valence-corrected chi connectivity index (χ4v) is 2.71. The van der Waals surface area contributed by atoms with Gasteiger partial charge in [0.25, 0.3) is 5.91 Å². The molecular weight excluding hydrogens is 359 g/mol. The Kier molecular flexibility index (Phi) is 6.57. The standard InChI is InChI=1S/C22H21FN2O3/c23-19-9-5-4-8-18(19)20-12-10-17(28-20)11-13-21(26)24-14-15-25-22(27)16-6-2-1-3-7-16/h1-10,12H,11,13-15H2,(H,24,26)(H,25,27). The predicted octanol–water partition coefficient (Wildman–Crippen LogP) is 3.56. The zero-order valence-corrected chi connectivity index (χ0v) is 15.3. The van der Waals surface area contributed by atoms with Gasteiger partial charge in [0.2, 0.25) is 5.91 Å². The minimum atomic E-state index is -0.348. The maximum atomic E-state index is 13.8. The SMILES string of the molecule is O=C(CCc1ccc(-c2ccccc2F)o1)NCCNC(=O)c1ccccc1. The smallest absolute Gasteiger partial charge is 0.251 e. The summed E-state index contributed by atoms with van der Waals surface area (Å²) in [7, 11) is 0. The number of halogens is 1. The molecule has 0 spiro atoms. The zero-order valence-electron chi connectivity index (χ0n) is 15.3. The van der Waals surface area contributed by atoms with Crippen LogP contribution in [-0.4, -0.2) is 24.9 Å². The molecule has 2 amide bonds. The summed E-state index contributed by atoms with van der Waals surface area (Å²) in [4.78, 5) is 23.8. The van der Waals surface area contributed by atoms with Crippen LogP contribution in [0.5, 0.6) is 0 Å². The van der Waals surface area contributed by atoms with Gasteiger partial charge in [-0.15, -0.1) is 0 Å². The lowest BCUT2D eigenvalue weighted by Gasteiger charge is -2.07. The van der Waals surface area contributed by atoms with Gasteiger partial charge in [0.15, 0.2) is 0 Å². The molecule has 2 aromatic carbocycles. The number of hydrogen-bond donors (Lipinski definition) is 2. The van der Waals surface area contributed by atoms with Crippen LogP contribution < -0.4 is 10.6 Å². The largest absolute Gasteiger partial charge is 0.461 e. The van der Waals surface area contributed by atoms with E-state index in [0.717, 1.165) is 0 Å². The normalized spacial score (nSPS) is 10.5. The molecule has 0 saturated heterocycles. The summed E-state index contributed by atoms with van der Waals surface area (Å²) in [6.07, 6.45) is 0.660. The Bertz CT molecular complexity index is 938. The lowest BCUT2D eigenvalue weighted by Crippen LogP contribution is -2.34. The van der Waals surface area contributed by atoms with Crippen LogP contribution in [0.4, 0.5) is 4.39 Å². The molecule has 0 bridgehead atoms. The van der Waals surface area contributed by atoms with Crippen LogP contribution in [0.3, 0.4) is 0 Å². The van der Waals surface area contributed by atoms with Crippen molar-refractivity contribution in [3.8, 4) is 11.3 Å². The van der Waals surface area contributed by atoms with E-state index in [1.54, 1.807) is 54.6 Å². The minimum Gasteiger partial charge on any atom is -0.461 e. The van der Waals surface area contributed by atoms with Crippen LogP contribution in [-0.2, 0) is 11.2 Å². The maximum absolute atomic E-state index is 13.8. The molecule has 2 N–H and O–H groups in total.